The molecular weight excluding hydrogens is 238 g/mol. The van der Waals surface area contributed by atoms with Crippen molar-refractivity contribution in [3.05, 3.63) is 59.4 Å². The molecule has 0 aliphatic heterocycles. The zero-order valence-electron chi connectivity index (χ0n) is 11.4. The van der Waals surface area contributed by atoms with Crippen LogP contribution in [-0.4, -0.2) is 16.9 Å². The highest BCUT2D eigenvalue weighted by atomic mass is 16.5. The van der Waals surface area contributed by atoms with E-state index in [-0.39, 0.29) is 11.9 Å². The highest BCUT2D eigenvalue weighted by Crippen LogP contribution is 2.19. The summed E-state index contributed by atoms with van der Waals surface area (Å²) in [6, 6.07) is 9.02. The van der Waals surface area contributed by atoms with E-state index in [0.29, 0.717) is 16.9 Å². The molecule has 0 amide bonds. The Kier molecular flexibility index (Phi) is 3.95. The number of aromatic nitrogens is 1. The van der Waals surface area contributed by atoms with Gasteiger partial charge in [0.2, 0.25) is 0 Å². The molecule has 0 atom stereocenters. The summed E-state index contributed by atoms with van der Waals surface area (Å²) < 4.78 is 5.61. The molecule has 0 bridgehead atoms. The average molecular weight is 255 g/mol. The Morgan fingerprint density at radius 1 is 1.26 bits per heavy atom. The lowest BCUT2D eigenvalue weighted by Crippen LogP contribution is -2.07. The smallest absolute Gasteiger partial charge is 0.193 e. The van der Waals surface area contributed by atoms with Crippen LogP contribution in [0.25, 0.3) is 0 Å². The Morgan fingerprint density at radius 2 is 2.05 bits per heavy atom. The van der Waals surface area contributed by atoms with Crippen molar-refractivity contribution < 1.29 is 9.53 Å². The highest BCUT2D eigenvalue weighted by molar-refractivity contribution is 6.09. The summed E-state index contributed by atoms with van der Waals surface area (Å²) in [5.41, 5.74) is 2.19. The molecule has 2 rings (SSSR count). The van der Waals surface area contributed by atoms with E-state index in [1.807, 2.05) is 32.9 Å². The van der Waals surface area contributed by atoms with Crippen LogP contribution in [0.3, 0.4) is 0 Å². The third-order valence-electron chi connectivity index (χ3n) is 2.73. The molecule has 0 N–H and O–H groups in total. The second-order valence-corrected chi connectivity index (χ2v) is 4.71. The van der Waals surface area contributed by atoms with Crippen LogP contribution in [0, 0.1) is 6.92 Å². The third-order valence-corrected chi connectivity index (χ3v) is 2.73. The van der Waals surface area contributed by atoms with E-state index in [1.54, 1.807) is 30.6 Å². The van der Waals surface area contributed by atoms with E-state index < -0.39 is 0 Å². The summed E-state index contributed by atoms with van der Waals surface area (Å²) in [5, 5.41) is 0. The molecule has 2 aromatic rings. The normalized spacial score (nSPS) is 10.5. The van der Waals surface area contributed by atoms with E-state index in [4.69, 9.17) is 4.74 Å². The van der Waals surface area contributed by atoms with Crippen LogP contribution >= 0.6 is 0 Å². The second kappa shape index (κ2) is 5.65. The number of aryl methyl sites for hydroxylation is 1. The van der Waals surface area contributed by atoms with Crippen molar-refractivity contribution >= 4 is 5.78 Å². The zero-order chi connectivity index (χ0) is 13.8. The number of benzene rings is 1. The van der Waals surface area contributed by atoms with Crippen LogP contribution in [0.4, 0.5) is 0 Å². The van der Waals surface area contributed by atoms with Gasteiger partial charge in [-0.3, -0.25) is 9.78 Å². The van der Waals surface area contributed by atoms with Gasteiger partial charge in [0.15, 0.2) is 5.78 Å². The fourth-order valence-electron chi connectivity index (χ4n) is 1.87. The minimum absolute atomic E-state index is 0.00546. The first-order valence-electron chi connectivity index (χ1n) is 6.30. The number of ketones is 1. The summed E-state index contributed by atoms with van der Waals surface area (Å²) in [4.78, 5) is 16.4. The predicted molar refractivity (Wildman–Crippen MR) is 74.6 cm³/mol. The standard InChI is InChI=1S/C16H17NO2/c1-11(2)19-14-6-4-5-13(9-14)16(18)15-7-8-17-10-12(15)3/h4-11H,1-3H3. The maximum absolute atomic E-state index is 12.4. The number of hydrogen-bond donors (Lipinski definition) is 0. The Balaban J connectivity index is 2.32. The average Bonchev–Trinajstić information content (AvgIpc) is 2.38. The monoisotopic (exact) mass is 255 g/mol. The SMILES string of the molecule is Cc1cnccc1C(=O)c1cccc(OC(C)C)c1. The molecule has 0 saturated heterocycles. The number of nitrogens with zero attached hydrogens (tertiary/aromatic N) is 1. The lowest BCUT2D eigenvalue weighted by molar-refractivity contribution is 0.103. The first-order valence-corrected chi connectivity index (χ1v) is 6.30. The molecule has 0 radical (unpaired) electrons. The number of ether oxygens (including phenoxy) is 1. The number of hydrogen-bond acceptors (Lipinski definition) is 3. The first-order chi connectivity index (χ1) is 9.08. The van der Waals surface area contributed by atoms with E-state index in [2.05, 4.69) is 4.98 Å². The molecular formula is C16H17NO2. The molecule has 0 spiro atoms. The van der Waals surface area contributed by atoms with Gasteiger partial charge in [0, 0.05) is 23.5 Å². The predicted octanol–water partition coefficient (Wildman–Crippen LogP) is 3.41. The van der Waals surface area contributed by atoms with Crippen molar-refractivity contribution in [2.45, 2.75) is 26.9 Å². The summed E-state index contributed by atoms with van der Waals surface area (Å²) in [6.07, 6.45) is 3.42. The van der Waals surface area contributed by atoms with Crippen LogP contribution in [0.15, 0.2) is 42.7 Å². The number of rotatable bonds is 4. The van der Waals surface area contributed by atoms with Crippen LogP contribution in [-0.2, 0) is 0 Å². The van der Waals surface area contributed by atoms with Gasteiger partial charge >= 0.3 is 0 Å². The topological polar surface area (TPSA) is 39.2 Å². The lowest BCUT2D eigenvalue weighted by Gasteiger charge is -2.11. The van der Waals surface area contributed by atoms with Crippen LogP contribution in [0.5, 0.6) is 5.75 Å². The molecule has 0 unspecified atom stereocenters. The minimum Gasteiger partial charge on any atom is -0.491 e. The number of carbonyl (C=O) groups is 1. The first kappa shape index (κ1) is 13.3. The second-order valence-electron chi connectivity index (χ2n) is 4.71. The van der Waals surface area contributed by atoms with Gasteiger partial charge in [-0.1, -0.05) is 12.1 Å². The van der Waals surface area contributed by atoms with Gasteiger partial charge in [-0.15, -0.1) is 0 Å². The van der Waals surface area contributed by atoms with E-state index in [9.17, 15) is 4.79 Å². The van der Waals surface area contributed by atoms with Crippen molar-refractivity contribution in [1.29, 1.82) is 0 Å². The maximum Gasteiger partial charge on any atom is 0.193 e. The quantitative estimate of drug-likeness (QED) is 0.786. The fourth-order valence-corrected chi connectivity index (χ4v) is 1.87. The Bertz CT molecular complexity index is 591. The van der Waals surface area contributed by atoms with Crippen molar-refractivity contribution in [2.75, 3.05) is 0 Å². The summed E-state index contributed by atoms with van der Waals surface area (Å²) in [7, 11) is 0. The Morgan fingerprint density at radius 3 is 2.74 bits per heavy atom. The van der Waals surface area contributed by atoms with Gasteiger partial charge in [0.25, 0.3) is 0 Å². The van der Waals surface area contributed by atoms with Crippen molar-refractivity contribution in [1.82, 2.24) is 4.98 Å². The van der Waals surface area contributed by atoms with Crippen LogP contribution < -0.4 is 4.74 Å². The molecule has 1 heterocycles. The molecule has 98 valence electrons. The molecule has 19 heavy (non-hydrogen) atoms. The number of pyridine rings is 1. The third kappa shape index (κ3) is 3.19. The molecule has 3 heteroatoms. The molecule has 1 aromatic carbocycles. The van der Waals surface area contributed by atoms with Gasteiger partial charge in [0.1, 0.15) is 5.75 Å². The molecule has 0 aliphatic rings. The van der Waals surface area contributed by atoms with Crippen LogP contribution in [0.2, 0.25) is 0 Å². The van der Waals surface area contributed by atoms with Crippen molar-refractivity contribution in [3.63, 3.8) is 0 Å². The van der Waals surface area contributed by atoms with E-state index in [1.165, 1.54) is 0 Å². The van der Waals surface area contributed by atoms with Crippen molar-refractivity contribution in [2.24, 2.45) is 0 Å². The molecule has 3 nitrogen and oxygen atoms in total. The largest absolute Gasteiger partial charge is 0.491 e. The van der Waals surface area contributed by atoms with Gasteiger partial charge in [-0.2, -0.15) is 0 Å². The molecule has 0 fully saturated rings. The van der Waals surface area contributed by atoms with Gasteiger partial charge in [-0.05, 0) is 44.5 Å². The molecule has 1 aromatic heterocycles. The van der Waals surface area contributed by atoms with Crippen LogP contribution in [0.1, 0.15) is 35.3 Å². The summed E-state index contributed by atoms with van der Waals surface area (Å²) in [5.74, 6) is 0.710. The van der Waals surface area contributed by atoms with Crippen molar-refractivity contribution in [3.8, 4) is 5.75 Å². The Hall–Kier alpha value is -2.16. The lowest BCUT2D eigenvalue weighted by atomic mass is 10.0. The fraction of sp³-hybridized carbons (Fsp3) is 0.250. The van der Waals surface area contributed by atoms with E-state index >= 15 is 0 Å². The van der Waals surface area contributed by atoms with Gasteiger partial charge in [0.05, 0.1) is 6.10 Å². The summed E-state index contributed by atoms with van der Waals surface area (Å²) >= 11 is 0. The van der Waals surface area contributed by atoms with Gasteiger partial charge < -0.3 is 4.74 Å². The van der Waals surface area contributed by atoms with Gasteiger partial charge in [-0.25, -0.2) is 0 Å². The molecule has 0 saturated carbocycles. The Labute approximate surface area is 113 Å². The minimum atomic E-state index is -0.00546. The van der Waals surface area contributed by atoms with E-state index in [0.717, 1.165) is 5.56 Å². The summed E-state index contributed by atoms with van der Waals surface area (Å²) in [6.45, 7) is 5.80. The zero-order valence-corrected chi connectivity index (χ0v) is 11.4. The number of carbonyl (C=O) groups excluding carboxylic acids is 1. The maximum atomic E-state index is 12.4. The highest BCUT2D eigenvalue weighted by Gasteiger charge is 2.12. The molecule has 0 aliphatic carbocycles.